The molecule has 4 heteroatoms. The molecule has 0 aliphatic rings. The number of hydrogen-bond acceptors (Lipinski definition) is 3. The number of anilines is 1. The number of rotatable bonds is 1. The lowest BCUT2D eigenvalue weighted by Crippen LogP contribution is -1.93. The van der Waals surface area contributed by atoms with E-state index in [4.69, 9.17) is 5.73 Å². The van der Waals surface area contributed by atoms with E-state index in [0.717, 1.165) is 15.6 Å². The Morgan fingerprint density at radius 1 is 1.20 bits per heavy atom. The Balaban J connectivity index is 2.49. The lowest BCUT2D eigenvalue weighted by atomic mass is 10.1. The minimum Gasteiger partial charge on any atom is -0.396 e. The third kappa shape index (κ3) is 2.15. The van der Waals surface area contributed by atoms with E-state index in [9.17, 15) is 0 Å². The highest BCUT2D eigenvalue weighted by Crippen LogP contribution is 2.23. The second-order valence-electron chi connectivity index (χ2n) is 3.30. The van der Waals surface area contributed by atoms with Gasteiger partial charge in [-0.15, -0.1) is 0 Å². The van der Waals surface area contributed by atoms with Crippen molar-refractivity contribution in [3.05, 3.63) is 40.6 Å². The van der Waals surface area contributed by atoms with Crippen molar-refractivity contribution in [1.29, 1.82) is 0 Å². The van der Waals surface area contributed by atoms with Gasteiger partial charge < -0.3 is 5.73 Å². The quantitative estimate of drug-likeness (QED) is 0.861. The second-order valence-corrected chi connectivity index (χ2v) is 4.21. The zero-order valence-corrected chi connectivity index (χ0v) is 9.82. The summed E-state index contributed by atoms with van der Waals surface area (Å²) < 4.78 is 1.05. The molecule has 1 aromatic heterocycles. The molecule has 0 saturated heterocycles. The van der Waals surface area contributed by atoms with Gasteiger partial charge in [-0.25, -0.2) is 9.97 Å². The van der Waals surface area contributed by atoms with E-state index in [-0.39, 0.29) is 0 Å². The Labute approximate surface area is 96.5 Å². The first-order valence-corrected chi connectivity index (χ1v) is 5.30. The summed E-state index contributed by atoms with van der Waals surface area (Å²) in [5.74, 6) is 0.703. The maximum Gasteiger partial charge on any atom is 0.159 e. The van der Waals surface area contributed by atoms with E-state index in [1.165, 1.54) is 0 Å². The molecule has 3 nitrogen and oxygen atoms in total. The second kappa shape index (κ2) is 3.98. The summed E-state index contributed by atoms with van der Waals surface area (Å²) in [6, 6.07) is 6.00. The highest BCUT2D eigenvalue weighted by atomic mass is 79.9. The molecule has 2 rings (SSSR count). The number of nitrogen functional groups attached to an aromatic ring is 1. The van der Waals surface area contributed by atoms with Crippen LogP contribution in [0.1, 0.15) is 5.56 Å². The number of halogens is 1. The SMILES string of the molecule is Cc1cc(Br)ccc1-c1ncc(N)cn1. The van der Waals surface area contributed by atoms with Gasteiger partial charge >= 0.3 is 0 Å². The highest BCUT2D eigenvalue weighted by molar-refractivity contribution is 9.10. The summed E-state index contributed by atoms with van der Waals surface area (Å²) in [5.41, 5.74) is 8.27. The number of aromatic nitrogens is 2. The number of aryl methyl sites for hydroxylation is 1. The first-order valence-electron chi connectivity index (χ1n) is 4.51. The average molecular weight is 264 g/mol. The fraction of sp³-hybridized carbons (Fsp3) is 0.0909. The summed E-state index contributed by atoms with van der Waals surface area (Å²) in [6.45, 7) is 2.03. The molecule has 0 fully saturated rings. The highest BCUT2D eigenvalue weighted by Gasteiger charge is 2.04. The monoisotopic (exact) mass is 263 g/mol. The molecule has 1 aromatic carbocycles. The van der Waals surface area contributed by atoms with Gasteiger partial charge in [-0.3, -0.25) is 0 Å². The van der Waals surface area contributed by atoms with Crippen molar-refractivity contribution in [2.45, 2.75) is 6.92 Å². The third-order valence-corrected chi connectivity index (χ3v) is 2.59. The zero-order chi connectivity index (χ0) is 10.8. The van der Waals surface area contributed by atoms with Gasteiger partial charge in [0.2, 0.25) is 0 Å². The molecular weight excluding hydrogens is 254 g/mol. The van der Waals surface area contributed by atoms with E-state index in [0.29, 0.717) is 11.5 Å². The third-order valence-electron chi connectivity index (χ3n) is 2.10. The van der Waals surface area contributed by atoms with Crippen LogP contribution in [-0.4, -0.2) is 9.97 Å². The minimum absolute atomic E-state index is 0.577. The molecule has 1 heterocycles. The van der Waals surface area contributed by atoms with Gasteiger partial charge in [0, 0.05) is 10.0 Å². The first-order chi connectivity index (χ1) is 7.16. The Hall–Kier alpha value is -1.42. The van der Waals surface area contributed by atoms with Crippen LogP contribution in [0.2, 0.25) is 0 Å². The van der Waals surface area contributed by atoms with Gasteiger partial charge in [0.25, 0.3) is 0 Å². The predicted molar refractivity (Wildman–Crippen MR) is 64.3 cm³/mol. The molecule has 76 valence electrons. The van der Waals surface area contributed by atoms with Crippen molar-refractivity contribution < 1.29 is 0 Å². The Bertz CT molecular complexity index is 480. The van der Waals surface area contributed by atoms with Crippen LogP contribution in [-0.2, 0) is 0 Å². The number of hydrogen-bond donors (Lipinski definition) is 1. The zero-order valence-electron chi connectivity index (χ0n) is 8.24. The summed E-state index contributed by atoms with van der Waals surface area (Å²) >= 11 is 3.42. The van der Waals surface area contributed by atoms with Crippen molar-refractivity contribution in [1.82, 2.24) is 9.97 Å². The lowest BCUT2D eigenvalue weighted by molar-refractivity contribution is 1.17. The van der Waals surface area contributed by atoms with Gasteiger partial charge in [0.1, 0.15) is 0 Å². The fourth-order valence-corrected chi connectivity index (χ4v) is 1.83. The first kappa shape index (κ1) is 10.1. The van der Waals surface area contributed by atoms with Crippen molar-refractivity contribution in [3.63, 3.8) is 0 Å². The summed E-state index contributed by atoms with van der Waals surface area (Å²) in [4.78, 5) is 8.38. The van der Waals surface area contributed by atoms with Crippen molar-refractivity contribution >= 4 is 21.6 Å². The van der Waals surface area contributed by atoms with Gasteiger partial charge in [0.05, 0.1) is 18.1 Å². The summed E-state index contributed by atoms with van der Waals surface area (Å²) in [7, 11) is 0. The molecule has 0 aliphatic carbocycles. The largest absolute Gasteiger partial charge is 0.396 e. The number of nitrogens with two attached hydrogens (primary N) is 1. The van der Waals surface area contributed by atoms with Gasteiger partial charge in [-0.05, 0) is 30.7 Å². The van der Waals surface area contributed by atoms with Gasteiger partial charge in [-0.1, -0.05) is 15.9 Å². The summed E-state index contributed by atoms with van der Waals surface area (Å²) in [5, 5.41) is 0. The standard InChI is InChI=1S/C11H10BrN3/c1-7-4-8(12)2-3-10(7)11-14-5-9(13)6-15-11/h2-6H,13H2,1H3. The fourth-order valence-electron chi connectivity index (χ4n) is 1.36. The smallest absolute Gasteiger partial charge is 0.159 e. The lowest BCUT2D eigenvalue weighted by Gasteiger charge is -2.04. The average Bonchev–Trinajstić information content (AvgIpc) is 2.20. The van der Waals surface area contributed by atoms with Crippen LogP contribution in [0.25, 0.3) is 11.4 Å². The normalized spacial score (nSPS) is 10.3. The summed E-state index contributed by atoms with van der Waals surface area (Å²) in [6.07, 6.45) is 3.23. The molecule has 0 atom stereocenters. The molecule has 0 unspecified atom stereocenters. The van der Waals surface area contributed by atoms with Crippen LogP contribution in [0.4, 0.5) is 5.69 Å². The van der Waals surface area contributed by atoms with Crippen molar-refractivity contribution in [2.24, 2.45) is 0 Å². The molecule has 0 aliphatic heterocycles. The Morgan fingerprint density at radius 2 is 1.87 bits per heavy atom. The van der Waals surface area contributed by atoms with Crippen LogP contribution in [0, 0.1) is 6.92 Å². The van der Waals surface area contributed by atoms with Crippen molar-refractivity contribution in [2.75, 3.05) is 5.73 Å². The molecule has 0 saturated carbocycles. The molecule has 0 amide bonds. The van der Waals surface area contributed by atoms with E-state index in [1.807, 2.05) is 25.1 Å². The molecular formula is C11H10BrN3. The van der Waals surface area contributed by atoms with Crippen LogP contribution >= 0.6 is 15.9 Å². The maximum atomic E-state index is 5.53. The van der Waals surface area contributed by atoms with Crippen LogP contribution in [0.5, 0.6) is 0 Å². The van der Waals surface area contributed by atoms with Gasteiger partial charge in [-0.2, -0.15) is 0 Å². The molecule has 2 N–H and O–H groups in total. The van der Waals surface area contributed by atoms with Crippen LogP contribution < -0.4 is 5.73 Å². The minimum atomic E-state index is 0.577. The molecule has 0 spiro atoms. The van der Waals surface area contributed by atoms with E-state index in [1.54, 1.807) is 12.4 Å². The molecule has 0 bridgehead atoms. The van der Waals surface area contributed by atoms with Crippen LogP contribution in [0.3, 0.4) is 0 Å². The van der Waals surface area contributed by atoms with Gasteiger partial charge in [0.15, 0.2) is 5.82 Å². The Kier molecular flexibility index (Phi) is 2.68. The van der Waals surface area contributed by atoms with E-state index >= 15 is 0 Å². The molecule has 2 aromatic rings. The number of nitrogens with zero attached hydrogens (tertiary/aromatic N) is 2. The molecule has 15 heavy (non-hydrogen) atoms. The van der Waals surface area contributed by atoms with E-state index < -0.39 is 0 Å². The maximum absolute atomic E-state index is 5.53. The number of benzene rings is 1. The topological polar surface area (TPSA) is 51.8 Å². The van der Waals surface area contributed by atoms with Crippen LogP contribution in [0.15, 0.2) is 35.1 Å². The molecule has 0 radical (unpaired) electrons. The van der Waals surface area contributed by atoms with Crippen molar-refractivity contribution in [3.8, 4) is 11.4 Å². The predicted octanol–water partition coefficient (Wildman–Crippen LogP) is 2.80. The van der Waals surface area contributed by atoms with E-state index in [2.05, 4.69) is 25.9 Å². The Morgan fingerprint density at radius 3 is 2.47 bits per heavy atom.